The Morgan fingerprint density at radius 3 is 2.50 bits per heavy atom. The van der Waals surface area contributed by atoms with Gasteiger partial charge >= 0.3 is 0 Å². The minimum absolute atomic E-state index is 0.0779. The number of nitrogens with two attached hydrogens (primary N) is 1. The van der Waals surface area contributed by atoms with Gasteiger partial charge in [-0.3, -0.25) is 5.84 Å². The molecule has 0 aliphatic rings. The fraction of sp³-hybridized carbons (Fsp3) is 0.143. The Morgan fingerprint density at radius 1 is 1.42 bits per heavy atom. The molecule has 66 valence electrons. The normalized spacial score (nSPS) is 10.4. The molecule has 3 N–H and O–H groups in total. The van der Waals surface area contributed by atoms with Crippen LogP contribution in [0.15, 0.2) is 18.2 Å². The van der Waals surface area contributed by atoms with E-state index in [1.54, 1.807) is 0 Å². The molecular formula is C7H7ClF2N2. The Morgan fingerprint density at radius 2 is 2.08 bits per heavy atom. The zero-order chi connectivity index (χ0) is 9.14. The van der Waals surface area contributed by atoms with Crippen LogP contribution in [0.3, 0.4) is 0 Å². The fourth-order valence-corrected chi connectivity index (χ4v) is 1.11. The van der Waals surface area contributed by atoms with Gasteiger partial charge in [0.05, 0.1) is 10.7 Å². The number of nitrogen functional groups attached to an aromatic ring is 1. The van der Waals surface area contributed by atoms with E-state index in [9.17, 15) is 8.78 Å². The molecule has 0 saturated heterocycles. The van der Waals surface area contributed by atoms with Crippen LogP contribution in [0, 0.1) is 0 Å². The van der Waals surface area contributed by atoms with Crippen LogP contribution in [0.4, 0.5) is 14.5 Å². The number of para-hydroxylation sites is 1. The summed E-state index contributed by atoms with van der Waals surface area (Å²) < 4.78 is 24.5. The van der Waals surface area contributed by atoms with E-state index in [1.807, 2.05) is 0 Å². The summed E-state index contributed by atoms with van der Waals surface area (Å²) in [5.74, 6) is 5.02. The zero-order valence-corrected chi connectivity index (χ0v) is 6.78. The molecule has 5 heteroatoms. The van der Waals surface area contributed by atoms with Gasteiger partial charge in [-0.15, -0.1) is 0 Å². The van der Waals surface area contributed by atoms with Crippen LogP contribution in [0.25, 0.3) is 0 Å². The van der Waals surface area contributed by atoms with E-state index in [4.69, 9.17) is 17.4 Å². The van der Waals surface area contributed by atoms with Crippen molar-refractivity contribution in [3.8, 4) is 0 Å². The lowest BCUT2D eigenvalue weighted by atomic mass is 10.2. The average molecular weight is 193 g/mol. The molecule has 0 saturated carbocycles. The minimum Gasteiger partial charge on any atom is -0.322 e. The van der Waals surface area contributed by atoms with Crippen molar-refractivity contribution < 1.29 is 8.78 Å². The van der Waals surface area contributed by atoms with Crippen molar-refractivity contribution >= 4 is 17.3 Å². The fourth-order valence-electron chi connectivity index (χ4n) is 0.875. The lowest BCUT2D eigenvalue weighted by molar-refractivity contribution is 0.152. The van der Waals surface area contributed by atoms with Crippen LogP contribution < -0.4 is 11.3 Å². The predicted octanol–water partition coefficient (Wildman–Crippen LogP) is 2.56. The van der Waals surface area contributed by atoms with E-state index < -0.39 is 6.43 Å². The van der Waals surface area contributed by atoms with E-state index in [1.165, 1.54) is 18.2 Å². The Balaban J connectivity index is 3.18. The summed E-state index contributed by atoms with van der Waals surface area (Å²) in [6, 6.07) is 4.21. The molecule has 0 bridgehead atoms. The van der Waals surface area contributed by atoms with Crippen molar-refractivity contribution in [3.05, 3.63) is 28.8 Å². The SMILES string of the molecule is NNc1c(Cl)cccc1C(F)F. The minimum atomic E-state index is -2.57. The maximum absolute atomic E-state index is 12.2. The van der Waals surface area contributed by atoms with E-state index in [-0.39, 0.29) is 16.3 Å². The Kier molecular flexibility index (Phi) is 2.83. The smallest absolute Gasteiger partial charge is 0.265 e. The summed E-state index contributed by atoms with van der Waals surface area (Å²) in [6.45, 7) is 0. The molecule has 1 rings (SSSR count). The number of alkyl halides is 2. The molecule has 0 radical (unpaired) electrons. The summed E-state index contributed by atoms with van der Waals surface area (Å²) in [7, 11) is 0. The molecule has 0 fully saturated rings. The first-order valence-corrected chi connectivity index (χ1v) is 3.57. The first-order valence-electron chi connectivity index (χ1n) is 3.20. The van der Waals surface area contributed by atoms with Crippen LogP contribution in [-0.4, -0.2) is 0 Å². The van der Waals surface area contributed by atoms with Crippen molar-refractivity contribution in [2.45, 2.75) is 6.43 Å². The number of hydrazine groups is 1. The number of rotatable bonds is 2. The molecule has 0 heterocycles. The van der Waals surface area contributed by atoms with Crippen LogP contribution >= 0.6 is 11.6 Å². The highest BCUT2D eigenvalue weighted by Gasteiger charge is 2.13. The number of benzene rings is 1. The third kappa shape index (κ3) is 1.65. The van der Waals surface area contributed by atoms with Gasteiger partial charge in [0, 0.05) is 5.56 Å². The van der Waals surface area contributed by atoms with Gasteiger partial charge in [-0.05, 0) is 6.07 Å². The quantitative estimate of drug-likeness (QED) is 0.558. The van der Waals surface area contributed by atoms with Crippen molar-refractivity contribution in [2.75, 3.05) is 5.43 Å². The molecule has 0 aliphatic heterocycles. The summed E-state index contributed by atoms with van der Waals surface area (Å²) in [5.41, 5.74) is 2.02. The largest absolute Gasteiger partial charge is 0.322 e. The monoisotopic (exact) mass is 192 g/mol. The number of anilines is 1. The highest BCUT2D eigenvalue weighted by molar-refractivity contribution is 6.33. The van der Waals surface area contributed by atoms with Crippen LogP contribution in [-0.2, 0) is 0 Å². The third-order valence-corrected chi connectivity index (χ3v) is 1.74. The molecule has 0 spiro atoms. The summed E-state index contributed by atoms with van der Waals surface area (Å²) in [5, 5.41) is 0.190. The highest BCUT2D eigenvalue weighted by atomic mass is 35.5. The number of halogens is 3. The molecule has 0 unspecified atom stereocenters. The van der Waals surface area contributed by atoms with Gasteiger partial charge in [-0.25, -0.2) is 8.78 Å². The van der Waals surface area contributed by atoms with E-state index >= 15 is 0 Å². The number of nitrogens with one attached hydrogen (secondary N) is 1. The van der Waals surface area contributed by atoms with Crippen molar-refractivity contribution in [1.82, 2.24) is 0 Å². The maximum atomic E-state index is 12.2. The second-order valence-electron chi connectivity index (χ2n) is 2.15. The second-order valence-corrected chi connectivity index (χ2v) is 2.56. The topological polar surface area (TPSA) is 38.0 Å². The summed E-state index contributed by atoms with van der Waals surface area (Å²) in [6.07, 6.45) is -2.57. The standard InChI is InChI=1S/C7H7ClF2N2/c8-5-3-1-2-4(7(9)10)6(5)12-11/h1-3,7,12H,11H2. The first-order chi connectivity index (χ1) is 5.66. The molecule has 0 aromatic heterocycles. The van der Waals surface area contributed by atoms with Gasteiger partial charge in [-0.2, -0.15) is 0 Å². The molecule has 2 nitrogen and oxygen atoms in total. The molecule has 0 aliphatic carbocycles. The van der Waals surface area contributed by atoms with Gasteiger partial charge in [0.25, 0.3) is 6.43 Å². The van der Waals surface area contributed by atoms with E-state index in [0.29, 0.717) is 0 Å². The van der Waals surface area contributed by atoms with Gasteiger partial charge in [-0.1, -0.05) is 23.7 Å². The van der Waals surface area contributed by atoms with Crippen molar-refractivity contribution in [1.29, 1.82) is 0 Å². The maximum Gasteiger partial charge on any atom is 0.265 e. The number of hydrogen-bond acceptors (Lipinski definition) is 2. The van der Waals surface area contributed by atoms with Gasteiger partial charge in [0.1, 0.15) is 0 Å². The predicted molar refractivity (Wildman–Crippen MR) is 44.2 cm³/mol. The average Bonchev–Trinajstić information content (AvgIpc) is 2.03. The van der Waals surface area contributed by atoms with Crippen molar-refractivity contribution in [3.63, 3.8) is 0 Å². The van der Waals surface area contributed by atoms with Crippen LogP contribution in [0.2, 0.25) is 5.02 Å². The van der Waals surface area contributed by atoms with Crippen LogP contribution in [0.5, 0.6) is 0 Å². The lowest BCUT2D eigenvalue weighted by Gasteiger charge is -2.08. The van der Waals surface area contributed by atoms with Crippen LogP contribution in [0.1, 0.15) is 12.0 Å². The zero-order valence-electron chi connectivity index (χ0n) is 6.02. The summed E-state index contributed by atoms with van der Waals surface area (Å²) >= 11 is 5.60. The van der Waals surface area contributed by atoms with Gasteiger partial charge < -0.3 is 5.43 Å². The molecule has 1 aromatic carbocycles. The van der Waals surface area contributed by atoms with Gasteiger partial charge in [0.2, 0.25) is 0 Å². The molecule has 12 heavy (non-hydrogen) atoms. The number of hydrogen-bond donors (Lipinski definition) is 2. The second kappa shape index (κ2) is 3.69. The molecule has 1 aromatic rings. The van der Waals surface area contributed by atoms with Gasteiger partial charge in [0.15, 0.2) is 0 Å². The lowest BCUT2D eigenvalue weighted by Crippen LogP contribution is -2.09. The Labute approximate surface area is 73.3 Å². The summed E-state index contributed by atoms with van der Waals surface area (Å²) in [4.78, 5) is 0. The molecule has 0 atom stereocenters. The Bertz CT molecular complexity index is 278. The highest BCUT2D eigenvalue weighted by Crippen LogP contribution is 2.31. The van der Waals surface area contributed by atoms with E-state index in [0.717, 1.165) is 0 Å². The molecule has 0 amide bonds. The Hall–Kier alpha value is -0.870. The third-order valence-electron chi connectivity index (χ3n) is 1.43. The molecular weight excluding hydrogens is 186 g/mol. The first kappa shape index (κ1) is 9.22. The van der Waals surface area contributed by atoms with Crippen molar-refractivity contribution in [2.24, 2.45) is 5.84 Å². The van der Waals surface area contributed by atoms with E-state index in [2.05, 4.69) is 5.43 Å².